The summed E-state index contributed by atoms with van der Waals surface area (Å²) in [4.78, 5) is 11.9. The first-order valence-electron chi connectivity index (χ1n) is 8.98. The molecule has 7 nitrogen and oxygen atoms in total. The number of aromatic hydroxyl groups is 1. The Hall–Kier alpha value is -3.22. The Labute approximate surface area is 164 Å². The number of rotatable bonds is 9. The van der Waals surface area contributed by atoms with Gasteiger partial charge in [-0.15, -0.1) is 0 Å². The van der Waals surface area contributed by atoms with Crippen LogP contribution in [0.15, 0.2) is 41.5 Å². The highest BCUT2D eigenvalue weighted by Gasteiger charge is 2.10. The molecule has 2 rings (SSSR count). The molecular formula is C21H26N2O5. The summed E-state index contributed by atoms with van der Waals surface area (Å²) >= 11 is 0. The van der Waals surface area contributed by atoms with Gasteiger partial charge in [0.05, 0.1) is 20.4 Å². The summed E-state index contributed by atoms with van der Waals surface area (Å²) in [5, 5.41) is 13.8. The van der Waals surface area contributed by atoms with Crippen molar-refractivity contribution in [3.63, 3.8) is 0 Å². The van der Waals surface area contributed by atoms with Crippen molar-refractivity contribution in [2.45, 2.75) is 26.2 Å². The number of carbonyl (C=O) groups is 1. The molecule has 0 aromatic heterocycles. The number of nitrogens with zero attached hydrogens (tertiary/aromatic N) is 1. The second-order valence-electron chi connectivity index (χ2n) is 6.23. The number of ether oxygens (including phenoxy) is 3. The SMILES string of the molecule is CC[C@@H](C)c1ccc(OCC(=O)N/N=C/c2cc(OC)c(O)c(OC)c2)cc1. The lowest BCUT2D eigenvalue weighted by molar-refractivity contribution is -0.123. The quantitative estimate of drug-likeness (QED) is 0.509. The van der Waals surface area contributed by atoms with Gasteiger partial charge in [0.15, 0.2) is 18.1 Å². The van der Waals surface area contributed by atoms with Gasteiger partial charge in [-0.25, -0.2) is 5.43 Å². The number of carbonyl (C=O) groups excluding carboxylic acids is 1. The minimum atomic E-state index is -0.389. The number of phenolic OH excluding ortho intramolecular Hbond substituents is 1. The van der Waals surface area contributed by atoms with E-state index in [1.165, 1.54) is 26.0 Å². The van der Waals surface area contributed by atoms with Gasteiger partial charge in [0.2, 0.25) is 5.75 Å². The lowest BCUT2D eigenvalue weighted by Gasteiger charge is -2.10. The van der Waals surface area contributed by atoms with Gasteiger partial charge >= 0.3 is 0 Å². The number of methoxy groups -OCH3 is 2. The van der Waals surface area contributed by atoms with E-state index in [2.05, 4.69) is 24.4 Å². The zero-order valence-electron chi connectivity index (χ0n) is 16.6. The molecule has 0 spiro atoms. The van der Waals surface area contributed by atoms with Crippen molar-refractivity contribution in [2.75, 3.05) is 20.8 Å². The average Bonchev–Trinajstić information content (AvgIpc) is 2.72. The van der Waals surface area contributed by atoms with E-state index in [1.807, 2.05) is 24.3 Å². The first-order chi connectivity index (χ1) is 13.5. The molecule has 28 heavy (non-hydrogen) atoms. The molecule has 0 bridgehead atoms. The third-order valence-corrected chi connectivity index (χ3v) is 4.34. The van der Waals surface area contributed by atoms with Crippen molar-refractivity contribution >= 4 is 12.1 Å². The van der Waals surface area contributed by atoms with Crippen LogP contribution in [0.3, 0.4) is 0 Å². The number of phenols is 1. The molecular weight excluding hydrogens is 360 g/mol. The standard InChI is InChI=1S/C21H26N2O5/c1-5-14(2)16-6-8-17(9-7-16)28-13-20(24)23-22-12-15-10-18(26-3)21(25)19(11-15)27-4/h6-12,14,25H,5,13H2,1-4H3,(H,23,24)/b22-12+/t14-/m1/s1. The Kier molecular flexibility index (Phi) is 7.68. The van der Waals surface area contributed by atoms with E-state index >= 15 is 0 Å². The largest absolute Gasteiger partial charge is 0.502 e. The van der Waals surface area contributed by atoms with Gasteiger partial charge < -0.3 is 19.3 Å². The minimum absolute atomic E-state index is 0.0982. The molecule has 2 aromatic rings. The fourth-order valence-electron chi connectivity index (χ4n) is 2.48. The van der Waals surface area contributed by atoms with Gasteiger partial charge in [0.1, 0.15) is 5.75 Å². The molecule has 2 N–H and O–H groups in total. The Morgan fingerprint density at radius 1 is 1.18 bits per heavy atom. The average molecular weight is 386 g/mol. The number of hydrogen-bond acceptors (Lipinski definition) is 6. The summed E-state index contributed by atoms with van der Waals surface area (Å²) in [5.74, 6) is 1.12. The van der Waals surface area contributed by atoms with E-state index in [0.717, 1.165) is 6.42 Å². The second kappa shape index (κ2) is 10.2. The number of hydrazone groups is 1. The van der Waals surface area contributed by atoms with Crippen molar-refractivity contribution in [3.05, 3.63) is 47.5 Å². The minimum Gasteiger partial charge on any atom is -0.502 e. The molecule has 0 aliphatic heterocycles. The summed E-state index contributed by atoms with van der Waals surface area (Å²) in [6.07, 6.45) is 2.49. The molecule has 0 heterocycles. The zero-order chi connectivity index (χ0) is 20.5. The Bertz CT molecular complexity index is 793. The molecule has 150 valence electrons. The van der Waals surface area contributed by atoms with Gasteiger partial charge in [0, 0.05) is 5.56 Å². The maximum Gasteiger partial charge on any atom is 0.277 e. The molecule has 7 heteroatoms. The first-order valence-corrected chi connectivity index (χ1v) is 8.98. The molecule has 0 saturated carbocycles. The highest BCUT2D eigenvalue weighted by molar-refractivity contribution is 5.84. The molecule has 0 aliphatic carbocycles. The number of amides is 1. The maximum atomic E-state index is 11.9. The Morgan fingerprint density at radius 2 is 1.79 bits per heavy atom. The Balaban J connectivity index is 1.88. The molecule has 1 amide bonds. The molecule has 1 atom stereocenters. The maximum absolute atomic E-state index is 11.9. The highest BCUT2D eigenvalue weighted by Crippen LogP contribution is 2.36. The van der Waals surface area contributed by atoms with Crippen LogP contribution < -0.4 is 19.6 Å². The van der Waals surface area contributed by atoms with Gasteiger partial charge in [-0.1, -0.05) is 26.0 Å². The molecule has 2 aromatic carbocycles. The van der Waals surface area contributed by atoms with E-state index in [9.17, 15) is 9.90 Å². The topological polar surface area (TPSA) is 89.4 Å². The van der Waals surface area contributed by atoms with E-state index in [-0.39, 0.29) is 29.8 Å². The third-order valence-electron chi connectivity index (χ3n) is 4.34. The number of hydrogen-bond donors (Lipinski definition) is 2. The zero-order valence-corrected chi connectivity index (χ0v) is 16.6. The van der Waals surface area contributed by atoms with Crippen LogP contribution in [0.1, 0.15) is 37.3 Å². The summed E-state index contributed by atoms with van der Waals surface area (Å²) in [6.45, 7) is 4.16. The Morgan fingerprint density at radius 3 is 2.32 bits per heavy atom. The summed E-state index contributed by atoms with van der Waals surface area (Å²) in [5.41, 5.74) is 4.22. The van der Waals surface area contributed by atoms with Crippen molar-refractivity contribution in [1.29, 1.82) is 0 Å². The summed E-state index contributed by atoms with van der Waals surface area (Å²) in [6, 6.07) is 10.9. The summed E-state index contributed by atoms with van der Waals surface area (Å²) in [7, 11) is 2.87. The van der Waals surface area contributed by atoms with Crippen molar-refractivity contribution in [1.82, 2.24) is 5.43 Å². The van der Waals surface area contributed by atoms with Gasteiger partial charge in [-0.05, 0) is 42.2 Å². The second-order valence-corrected chi connectivity index (χ2v) is 6.23. The van der Waals surface area contributed by atoms with Crippen LogP contribution in [0.2, 0.25) is 0 Å². The summed E-state index contributed by atoms with van der Waals surface area (Å²) < 4.78 is 15.6. The monoisotopic (exact) mass is 386 g/mol. The lowest BCUT2D eigenvalue weighted by atomic mass is 9.99. The van der Waals surface area contributed by atoms with E-state index in [1.54, 1.807) is 12.1 Å². The predicted octanol–water partition coefficient (Wildman–Crippen LogP) is 3.45. The van der Waals surface area contributed by atoms with E-state index in [0.29, 0.717) is 17.2 Å². The van der Waals surface area contributed by atoms with Crippen LogP contribution in [-0.4, -0.2) is 38.1 Å². The molecule has 0 aliphatic rings. The lowest BCUT2D eigenvalue weighted by Crippen LogP contribution is -2.24. The normalized spacial score (nSPS) is 11.9. The predicted molar refractivity (Wildman–Crippen MR) is 108 cm³/mol. The molecule has 0 saturated heterocycles. The van der Waals surface area contributed by atoms with Gasteiger partial charge in [0.25, 0.3) is 5.91 Å². The molecule has 0 unspecified atom stereocenters. The van der Waals surface area contributed by atoms with Crippen molar-refractivity contribution < 1.29 is 24.1 Å². The van der Waals surface area contributed by atoms with E-state index in [4.69, 9.17) is 14.2 Å². The van der Waals surface area contributed by atoms with E-state index < -0.39 is 0 Å². The van der Waals surface area contributed by atoms with Crippen LogP contribution in [0.25, 0.3) is 0 Å². The van der Waals surface area contributed by atoms with Crippen LogP contribution in [0.5, 0.6) is 23.0 Å². The third kappa shape index (κ3) is 5.64. The number of nitrogens with one attached hydrogen (secondary N) is 1. The van der Waals surface area contributed by atoms with Crippen LogP contribution >= 0.6 is 0 Å². The first kappa shape index (κ1) is 21.1. The number of benzene rings is 2. The highest BCUT2D eigenvalue weighted by atomic mass is 16.5. The molecule has 0 radical (unpaired) electrons. The van der Waals surface area contributed by atoms with Crippen molar-refractivity contribution in [2.24, 2.45) is 5.10 Å². The molecule has 0 fully saturated rings. The van der Waals surface area contributed by atoms with Gasteiger partial charge in [-0.3, -0.25) is 4.79 Å². The van der Waals surface area contributed by atoms with Crippen LogP contribution in [0.4, 0.5) is 0 Å². The van der Waals surface area contributed by atoms with Crippen molar-refractivity contribution in [3.8, 4) is 23.0 Å². The van der Waals surface area contributed by atoms with Crippen LogP contribution in [0, 0.1) is 0 Å². The smallest absolute Gasteiger partial charge is 0.277 e. The fraction of sp³-hybridized carbons (Fsp3) is 0.333. The van der Waals surface area contributed by atoms with Gasteiger partial charge in [-0.2, -0.15) is 5.10 Å². The fourth-order valence-corrected chi connectivity index (χ4v) is 2.48. The van der Waals surface area contributed by atoms with Crippen LogP contribution in [-0.2, 0) is 4.79 Å².